The van der Waals surface area contributed by atoms with Crippen LogP contribution in [0.2, 0.25) is 0 Å². The third-order valence-corrected chi connectivity index (χ3v) is 3.08. The maximum absolute atomic E-state index is 12.0. The number of carbonyl (C=O) groups excluding carboxylic acids is 1. The molecule has 1 atom stereocenters. The van der Waals surface area contributed by atoms with Gasteiger partial charge in [-0.15, -0.1) is 0 Å². The summed E-state index contributed by atoms with van der Waals surface area (Å²) in [5.41, 5.74) is 0.100. The van der Waals surface area contributed by atoms with Gasteiger partial charge in [0, 0.05) is 17.6 Å². The van der Waals surface area contributed by atoms with Gasteiger partial charge in [-0.25, -0.2) is 0 Å². The zero-order valence-corrected chi connectivity index (χ0v) is 9.69. The maximum atomic E-state index is 12.0. The zero-order chi connectivity index (χ0) is 10.6. The molecule has 0 spiro atoms. The number of hydrogen-bond donors (Lipinski definition) is 0. The van der Waals surface area contributed by atoms with Crippen molar-refractivity contribution < 1.29 is 9.53 Å². The highest BCUT2D eigenvalue weighted by molar-refractivity contribution is 7.08. The minimum absolute atomic E-state index is 0.0862. The van der Waals surface area contributed by atoms with E-state index >= 15 is 0 Å². The Labute approximate surface area is 88.9 Å². The van der Waals surface area contributed by atoms with Crippen LogP contribution in [-0.2, 0) is 4.74 Å². The lowest BCUT2D eigenvalue weighted by Gasteiger charge is -2.25. The van der Waals surface area contributed by atoms with E-state index in [1.807, 2.05) is 37.6 Å². The van der Waals surface area contributed by atoms with E-state index in [0.29, 0.717) is 13.0 Å². The topological polar surface area (TPSA) is 26.3 Å². The van der Waals surface area contributed by atoms with E-state index < -0.39 is 5.60 Å². The molecule has 0 amide bonds. The molecular weight excluding hydrogens is 196 g/mol. The van der Waals surface area contributed by atoms with Gasteiger partial charge in [-0.05, 0) is 31.7 Å². The van der Waals surface area contributed by atoms with E-state index in [9.17, 15) is 4.79 Å². The number of hydrogen-bond acceptors (Lipinski definition) is 3. The summed E-state index contributed by atoms with van der Waals surface area (Å²) >= 11 is 1.54. The fraction of sp³-hybridized carbons (Fsp3) is 0.545. The van der Waals surface area contributed by atoms with Crippen molar-refractivity contribution in [1.82, 2.24) is 0 Å². The van der Waals surface area contributed by atoms with E-state index in [1.165, 1.54) is 11.3 Å². The molecule has 1 unspecified atom stereocenters. The maximum Gasteiger partial charge on any atom is 0.195 e. The highest BCUT2D eigenvalue weighted by Gasteiger charge is 2.32. The number of rotatable bonds is 5. The molecule has 0 aliphatic rings. The molecule has 1 heterocycles. The molecule has 0 fully saturated rings. The molecule has 78 valence electrons. The zero-order valence-electron chi connectivity index (χ0n) is 8.87. The SMILES string of the molecule is CCOC(C)(CC)C(=O)c1ccsc1. The monoisotopic (exact) mass is 212 g/mol. The van der Waals surface area contributed by atoms with E-state index in [-0.39, 0.29) is 5.78 Å². The summed E-state index contributed by atoms with van der Waals surface area (Å²) in [5, 5.41) is 3.78. The molecule has 1 aromatic heterocycles. The predicted molar refractivity (Wildman–Crippen MR) is 59.0 cm³/mol. The first kappa shape index (κ1) is 11.4. The van der Waals surface area contributed by atoms with Crippen LogP contribution < -0.4 is 0 Å². The highest BCUT2D eigenvalue weighted by Crippen LogP contribution is 2.22. The molecular formula is C11H16O2S. The first-order chi connectivity index (χ1) is 6.64. The third kappa shape index (κ3) is 2.22. The smallest absolute Gasteiger partial charge is 0.195 e. The fourth-order valence-corrected chi connectivity index (χ4v) is 1.98. The average molecular weight is 212 g/mol. The molecule has 0 aromatic carbocycles. The van der Waals surface area contributed by atoms with Crippen LogP contribution in [0.15, 0.2) is 16.8 Å². The molecule has 1 rings (SSSR count). The van der Waals surface area contributed by atoms with Crippen LogP contribution in [0.1, 0.15) is 37.6 Å². The molecule has 0 radical (unpaired) electrons. The van der Waals surface area contributed by atoms with Crippen molar-refractivity contribution in [3.05, 3.63) is 22.4 Å². The molecule has 0 saturated heterocycles. The number of ketones is 1. The summed E-state index contributed by atoms with van der Waals surface area (Å²) in [6.45, 7) is 6.31. The van der Waals surface area contributed by atoms with Gasteiger partial charge in [0.15, 0.2) is 5.78 Å². The average Bonchev–Trinajstić information content (AvgIpc) is 2.69. The molecule has 1 aromatic rings. The van der Waals surface area contributed by atoms with E-state index in [0.717, 1.165) is 5.56 Å². The molecule has 0 bridgehead atoms. The highest BCUT2D eigenvalue weighted by atomic mass is 32.1. The number of ether oxygens (including phenoxy) is 1. The lowest BCUT2D eigenvalue weighted by atomic mass is 9.93. The van der Waals surface area contributed by atoms with Gasteiger partial charge in [0.1, 0.15) is 5.60 Å². The second-order valence-electron chi connectivity index (χ2n) is 3.36. The second kappa shape index (κ2) is 4.71. The van der Waals surface area contributed by atoms with Gasteiger partial charge in [-0.1, -0.05) is 6.92 Å². The van der Waals surface area contributed by atoms with Crippen molar-refractivity contribution in [2.75, 3.05) is 6.61 Å². The largest absolute Gasteiger partial charge is 0.367 e. The Kier molecular flexibility index (Phi) is 3.84. The van der Waals surface area contributed by atoms with Crippen LogP contribution in [-0.4, -0.2) is 18.0 Å². The summed E-state index contributed by atoms with van der Waals surface area (Å²) < 4.78 is 5.52. The minimum Gasteiger partial charge on any atom is -0.367 e. The molecule has 0 aliphatic heterocycles. The quantitative estimate of drug-likeness (QED) is 0.701. The lowest BCUT2D eigenvalue weighted by Crippen LogP contribution is -2.37. The Morgan fingerprint density at radius 3 is 2.71 bits per heavy atom. The van der Waals surface area contributed by atoms with Gasteiger partial charge in [0.05, 0.1) is 0 Å². The van der Waals surface area contributed by atoms with Gasteiger partial charge in [-0.2, -0.15) is 11.3 Å². The van der Waals surface area contributed by atoms with Crippen molar-refractivity contribution in [3.8, 4) is 0 Å². The Balaban J connectivity index is 2.85. The van der Waals surface area contributed by atoms with Crippen molar-refractivity contribution in [2.45, 2.75) is 32.8 Å². The van der Waals surface area contributed by atoms with Gasteiger partial charge in [0.2, 0.25) is 0 Å². The van der Waals surface area contributed by atoms with Crippen LogP contribution in [0.3, 0.4) is 0 Å². The Bertz CT molecular complexity index is 292. The standard InChI is InChI=1S/C11H16O2S/c1-4-11(3,13-5-2)10(12)9-6-7-14-8-9/h6-8H,4-5H2,1-3H3. The van der Waals surface area contributed by atoms with Crippen molar-refractivity contribution >= 4 is 17.1 Å². The van der Waals surface area contributed by atoms with Gasteiger partial charge in [0.25, 0.3) is 0 Å². The van der Waals surface area contributed by atoms with Crippen LogP contribution >= 0.6 is 11.3 Å². The van der Waals surface area contributed by atoms with Crippen molar-refractivity contribution in [3.63, 3.8) is 0 Å². The van der Waals surface area contributed by atoms with Crippen LogP contribution in [0.5, 0.6) is 0 Å². The summed E-state index contributed by atoms with van der Waals surface area (Å²) in [7, 11) is 0. The van der Waals surface area contributed by atoms with Gasteiger partial charge in [-0.3, -0.25) is 4.79 Å². The minimum atomic E-state index is -0.657. The van der Waals surface area contributed by atoms with Gasteiger partial charge < -0.3 is 4.74 Å². The Morgan fingerprint density at radius 2 is 2.29 bits per heavy atom. The summed E-state index contributed by atoms with van der Waals surface area (Å²) in [6.07, 6.45) is 0.704. The fourth-order valence-electron chi connectivity index (χ4n) is 1.35. The molecule has 2 nitrogen and oxygen atoms in total. The lowest BCUT2D eigenvalue weighted by molar-refractivity contribution is -0.0115. The molecule has 0 aliphatic carbocycles. The summed E-state index contributed by atoms with van der Waals surface area (Å²) in [4.78, 5) is 12.0. The molecule has 3 heteroatoms. The molecule has 14 heavy (non-hydrogen) atoms. The van der Waals surface area contributed by atoms with E-state index in [2.05, 4.69) is 0 Å². The van der Waals surface area contributed by atoms with Crippen molar-refractivity contribution in [1.29, 1.82) is 0 Å². The van der Waals surface area contributed by atoms with Crippen LogP contribution in [0.25, 0.3) is 0 Å². The predicted octanol–water partition coefficient (Wildman–Crippen LogP) is 3.14. The van der Waals surface area contributed by atoms with Gasteiger partial charge >= 0.3 is 0 Å². The van der Waals surface area contributed by atoms with E-state index in [4.69, 9.17) is 4.74 Å². The Morgan fingerprint density at radius 1 is 1.57 bits per heavy atom. The normalized spacial score (nSPS) is 15.1. The molecule has 0 N–H and O–H groups in total. The van der Waals surface area contributed by atoms with Crippen LogP contribution in [0.4, 0.5) is 0 Å². The second-order valence-corrected chi connectivity index (χ2v) is 4.14. The number of carbonyl (C=O) groups is 1. The third-order valence-electron chi connectivity index (χ3n) is 2.40. The van der Waals surface area contributed by atoms with Crippen LogP contribution in [0, 0.1) is 0 Å². The Hall–Kier alpha value is -0.670. The number of Topliss-reactive ketones (excluding diaryl/α,β-unsaturated/α-hetero) is 1. The van der Waals surface area contributed by atoms with E-state index in [1.54, 1.807) is 0 Å². The van der Waals surface area contributed by atoms with Crippen molar-refractivity contribution in [2.24, 2.45) is 0 Å². The summed E-state index contributed by atoms with van der Waals surface area (Å²) in [6, 6.07) is 1.85. The number of thiophene rings is 1. The first-order valence-electron chi connectivity index (χ1n) is 4.85. The first-order valence-corrected chi connectivity index (χ1v) is 5.79. The summed E-state index contributed by atoms with van der Waals surface area (Å²) in [5.74, 6) is 0.0862. The molecule has 0 saturated carbocycles.